The first kappa shape index (κ1) is 16.6. The van der Waals surface area contributed by atoms with E-state index in [1.807, 2.05) is 54.7 Å². The summed E-state index contributed by atoms with van der Waals surface area (Å²) < 4.78 is 0. The normalized spacial score (nSPS) is 11.9. The Bertz CT molecular complexity index is 1530. The van der Waals surface area contributed by atoms with Crippen LogP contribution in [0.25, 0.3) is 43.6 Å². The van der Waals surface area contributed by atoms with Crippen LogP contribution in [0.4, 0.5) is 5.95 Å². The van der Waals surface area contributed by atoms with E-state index in [0.29, 0.717) is 11.6 Å². The van der Waals surface area contributed by atoms with E-state index in [2.05, 4.69) is 61.0 Å². The van der Waals surface area contributed by atoms with Crippen molar-refractivity contribution in [1.29, 1.82) is 0 Å². The molecule has 0 radical (unpaired) electrons. The second-order valence-electron chi connectivity index (χ2n) is 7.11. The van der Waals surface area contributed by atoms with Crippen LogP contribution < -0.4 is 5.43 Å². The first-order chi connectivity index (χ1) is 14.9. The minimum atomic E-state index is 0.342. The van der Waals surface area contributed by atoms with Gasteiger partial charge in [0.2, 0.25) is 0 Å². The first-order valence-corrected chi connectivity index (χ1v) is 9.67. The molecule has 0 aliphatic heterocycles. The molecule has 6 heteroatoms. The summed E-state index contributed by atoms with van der Waals surface area (Å²) in [4.78, 5) is 7.78. The number of benzene rings is 4. The van der Waals surface area contributed by atoms with E-state index in [1.54, 1.807) is 0 Å². The monoisotopic (exact) mass is 388 g/mol. The largest absolute Gasteiger partial charge is 0.338 e. The summed E-state index contributed by atoms with van der Waals surface area (Å²) in [6.45, 7) is 0. The highest BCUT2D eigenvalue weighted by Crippen LogP contribution is 2.27. The number of fused-ring (bicyclic) bond motifs is 5. The van der Waals surface area contributed by atoms with Crippen molar-refractivity contribution in [3.05, 3.63) is 84.4 Å². The summed E-state index contributed by atoms with van der Waals surface area (Å²) in [6.07, 6.45) is 1.82. The number of nitrogens with one attached hydrogen (secondary N) is 2. The molecule has 6 rings (SSSR count). The number of hydrogen-bond donors (Lipinski definition) is 2. The van der Waals surface area contributed by atoms with E-state index >= 15 is 0 Å². The SMILES string of the molecule is C(=N\Nc1nnc2c(n1)[nH]c1ccccc12)/c1c2ccccc2cc2ccccc12. The van der Waals surface area contributed by atoms with E-state index < -0.39 is 0 Å². The predicted octanol–water partition coefficient (Wildman–Crippen LogP) is 5.26. The third-order valence-corrected chi connectivity index (χ3v) is 5.29. The van der Waals surface area contributed by atoms with Gasteiger partial charge in [0, 0.05) is 16.5 Å². The fraction of sp³-hybridized carbons (Fsp3) is 0. The number of aromatic amines is 1. The van der Waals surface area contributed by atoms with Gasteiger partial charge in [0.1, 0.15) is 5.52 Å². The Morgan fingerprint density at radius 3 is 2.20 bits per heavy atom. The van der Waals surface area contributed by atoms with Crippen molar-refractivity contribution in [3.8, 4) is 0 Å². The second-order valence-corrected chi connectivity index (χ2v) is 7.11. The quantitative estimate of drug-likeness (QED) is 0.246. The molecule has 4 aromatic carbocycles. The molecule has 0 bridgehead atoms. The highest BCUT2D eigenvalue weighted by atomic mass is 15.4. The lowest BCUT2D eigenvalue weighted by atomic mass is 9.97. The van der Waals surface area contributed by atoms with Gasteiger partial charge in [-0.15, -0.1) is 10.2 Å². The molecule has 0 atom stereocenters. The Morgan fingerprint density at radius 1 is 0.767 bits per heavy atom. The molecular weight excluding hydrogens is 372 g/mol. The summed E-state index contributed by atoms with van der Waals surface area (Å²) in [5, 5.41) is 18.6. The number of anilines is 1. The van der Waals surface area contributed by atoms with Crippen molar-refractivity contribution in [1.82, 2.24) is 20.2 Å². The predicted molar refractivity (Wildman–Crippen MR) is 122 cm³/mol. The minimum Gasteiger partial charge on any atom is -0.338 e. The Hall–Kier alpha value is -4.32. The molecule has 6 aromatic rings. The lowest BCUT2D eigenvalue weighted by molar-refractivity contribution is 1.01. The topological polar surface area (TPSA) is 78.8 Å². The van der Waals surface area contributed by atoms with Gasteiger partial charge < -0.3 is 4.98 Å². The highest BCUT2D eigenvalue weighted by molar-refractivity contribution is 6.13. The van der Waals surface area contributed by atoms with Crippen LogP contribution in [0.5, 0.6) is 0 Å². The zero-order valence-corrected chi connectivity index (χ0v) is 15.9. The molecule has 0 aliphatic carbocycles. The van der Waals surface area contributed by atoms with Crippen LogP contribution >= 0.6 is 0 Å². The van der Waals surface area contributed by atoms with E-state index in [-0.39, 0.29) is 0 Å². The van der Waals surface area contributed by atoms with E-state index in [0.717, 1.165) is 32.8 Å². The van der Waals surface area contributed by atoms with Crippen LogP contribution in [0.3, 0.4) is 0 Å². The van der Waals surface area contributed by atoms with Gasteiger partial charge in [0.15, 0.2) is 5.65 Å². The number of H-pyrrole nitrogens is 1. The van der Waals surface area contributed by atoms with Crippen molar-refractivity contribution >= 4 is 55.8 Å². The van der Waals surface area contributed by atoms with Gasteiger partial charge in [-0.1, -0.05) is 66.7 Å². The van der Waals surface area contributed by atoms with Crippen LogP contribution in [0.15, 0.2) is 84.0 Å². The maximum Gasteiger partial charge on any atom is 0.265 e. The summed E-state index contributed by atoms with van der Waals surface area (Å²) >= 11 is 0. The minimum absolute atomic E-state index is 0.342. The molecule has 2 N–H and O–H groups in total. The van der Waals surface area contributed by atoms with Crippen LogP contribution in [-0.2, 0) is 0 Å². The Labute approximate surface area is 171 Å². The van der Waals surface area contributed by atoms with E-state index in [9.17, 15) is 0 Å². The van der Waals surface area contributed by atoms with E-state index in [4.69, 9.17) is 0 Å². The fourth-order valence-corrected chi connectivity index (χ4v) is 3.91. The van der Waals surface area contributed by atoms with Crippen molar-refractivity contribution in [3.63, 3.8) is 0 Å². The number of rotatable bonds is 3. The smallest absolute Gasteiger partial charge is 0.265 e. The third-order valence-electron chi connectivity index (χ3n) is 5.29. The number of hydrogen-bond acceptors (Lipinski definition) is 5. The molecule has 0 aliphatic rings. The van der Waals surface area contributed by atoms with Crippen molar-refractivity contribution in [2.24, 2.45) is 5.10 Å². The number of aromatic nitrogens is 4. The van der Waals surface area contributed by atoms with Crippen LogP contribution in [0.2, 0.25) is 0 Å². The van der Waals surface area contributed by atoms with Gasteiger partial charge >= 0.3 is 0 Å². The second kappa shape index (κ2) is 6.63. The molecule has 0 saturated carbocycles. The van der Waals surface area contributed by atoms with Gasteiger partial charge in [-0.3, -0.25) is 0 Å². The van der Waals surface area contributed by atoms with Gasteiger partial charge in [-0.2, -0.15) is 10.1 Å². The van der Waals surface area contributed by atoms with Gasteiger partial charge in [0.05, 0.1) is 6.21 Å². The Morgan fingerprint density at radius 2 is 1.43 bits per heavy atom. The molecule has 0 unspecified atom stereocenters. The molecule has 142 valence electrons. The maximum absolute atomic E-state index is 4.51. The molecule has 6 nitrogen and oxygen atoms in total. The first-order valence-electron chi connectivity index (χ1n) is 9.67. The third kappa shape index (κ3) is 2.66. The number of para-hydroxylation sites is 1. The molecule has 0 saturated heterocycles. The summed E-state index contributed by atoms with van der Waals surface area (Å²) in [7, 11) is 0. The zero-order chi connectivity index (χ0) is 19.9. The van der Waals surface area contributed by atoms with Gasteiger partial charge in [0.25, 0.3) is 5.95 Å². The Balaban J connectivity index is 1.40. The van der Waals surface area contributed by atoms with Crippen molar-refractivity contribution in [2.75, 3.05) is 5.43 Å². The van der Waals surface area contributed by atoms with Crippen LogP contribution in [0, 0.1) is 0 Å². The molecule has 0 spiro atoms. The highest BCUT2D eigenvalue weighted by Gasteiger charge is 2.08. The molecule has 30 heavy (non-hydrogen) atoms. The number of hydrazone groups is 1. The van der Waals surface area contributed by atoms with Crippen molar-refractivity contribution in [2.45, 2.75) is 0 Å². The molecule has 0 fully saturated rings. The zero-order valence-electron chi connectivity index (χ0n) is 15.9. The summed E-state index contributed by atoms with van der Waals surface area (Å²) in [5.74, 6) is 0.342. The maximum atomic E-state index is 4.51. The molecule has 2 aromatic heterocycles. The average molecular weight is 388 g/mol. The number of nitrogens with zero attached hydrogens (tertiary/aromatic N) is 4. The molecule has 2 heterocycles. The molecular formula is C24H16N6. The average Bonchev–Trinajstić information content (AvgIpc) is 3.16. The fourth-order valence-electron chi connectivity index (χ4n) is 3.91. The van der Waals surface area contributed by atoms with Crippen LogP contribution in [-0.4, -0.2) is 26.4 Å². The molecule has 0 amide bonds. The standard InChI is InChI=1S/C24H16N6/c1-3-9-17-15(7-1)13-16-8-2-4-10-18(16)20(17)14-25-29-24-27-23-22(28-30-24)19-11-5-6-12-21(19)26-23/h1-14H,(H2,26,27,29,30)/b25-14+. The van der Waals surface area contributed by atoms with Crippen LogP contribution in [0.1, 0.15) is 5.56 Å². The van der Waals surface area contributed by atoms with Gasteiger partial charge in [-0.25, -0.2) is 5.43 Å². The van der Waals surface area contributed by atoms with Crippen molar-refractivity contribution < 1.29 is 0 Å². The Kier molecular flexibility index (Phi) is 3.67. The lowest BCUT2D eigenvalue weighted by Crippen LogP contribution is -1.99. The lowest BCUT2D eigenvalue weighted by Gasteiger charge is -2.07. The van der Waals surface area contributed by atoms with Gasteiger partial charge in [-0.05, 0) is 33.7 Å². The summed E-state index contributed by atoms with van der Waals surface area (Å²) in [6, 6.07) is 26.8. The van der Waals surface area contributed by atoms with E-state index in [1.165, 1.54) is 10.8 Å². The summed E-state index contributed by atoms with van der Waals surface area (Å²) in [5.41, 5.74) is 6.39.